The van der Waals surface area contributed by atoms with Gasteiger partial charge in [0, 0.05) is 39.2 Å². The minimum atomic E-state index is -0.0305. The zero-order chi connectivity index (χ0) is 16.5. The number of hydrogen-bond acceptors (Lipinski definition) is 3. The molecule has 5 nitrogen and oxygen atoms in total. The lowest BCUT2D eigenvalue weighted by atomic mass is 10.2. The summed E-state index contributed by atoms with van der Waals surface area (Å²) in [6, 6.07) is 14.3. The smallest absolute Gasteiger partial charge is 0.248 e. The Bertz CT molecular complexity index is 595. The molecule has 0 saturated heterocycles. The van der Waals surface area contributed by atoms with Crippen molar-refractivity contribution in [3.8, 4) is 0 Å². The summed E-state index contributed by atoms with van der Waals surface area (Å²) in [6.45, 7) is 2.48. The molecule has 1 amide bonds. The Hall–Kier alpha value is -2.11. The average molecular weight is 316 g/mol. The van der Waals surface area contributed by atoms with Crippen molar-refractivity contribution in [3.63, 3.8) is 0 Å². The predicted molar refractivity (Wildman–Crippen MR) is 89.1 cm³/mol. The number of aromatic nitrogens is 1. The third-order valence-electron chi connectivity index (χ3n) is 3.66. The number of carbonyl (C=O) groups excluding carboxylic acids is 1. The molecule has 1 aromatic heterocycles. The number of ether oxygens (including phenoxy) is 2. The predicted octanol–water partition coefficient (Wildman–Crippen LogP) is 2.16. The minimum Gasteiger partial charge on any atom is -0.383 e. The van der Waals surface area contributed by atoms with Gasteiger partial charge in [0.15, 0.2) is 0 Å². The molecule has 124 valence electrons. The molecule has 0 aliphatic rings. The number of nitrogens with zero attached hydrogens (tertiary/aromatic N) is 2. The van der Waals surface area contributed by atoms with Crippen LogP contribution >= 0.6 is 0 Å². The number of hydrogen-bond donors (Lipinski definition) is 0. The highest BCUT2D eigenvalue weighted by molar-refractivity contribution is 5.77. The lowest BCUT2D eigenvalue weighted by Crippen LogP contribution is -2.36. The third kappa shape index (κ3) is 5.23. The van der Waals surface area contributed by atoms with Crippen LogP contribution in [0.5, 0.6) is 0 Å². The molecule has 0 unspecified atom stereocenters. The summed E-state index contributed by atoms with van der Waals surface area (Å²) in [5, 5.41) is 0. The maximum Gasteiger partial charge on any atom is 0.248 e. The standard InChI is InChI=1S/C18H24N2O3/c1-22-12-11-20(18(21)15-23-2)14-17-9-6-10-19(17)13-16-7-4-3-5-8-16/h3-10H,11-15H2,1-2H3. The second-order valence-corrected chi connectivity index (χ2v) is 5.35. The first-order valence-corrected chi connectivity index (χ1v) is 7.68. The van der Waals surface area contributed by atoms with Crippen LogP contribution in [0.4, 0.5) is 0 Å². The van der Waals surface area contributed by atoms with E-state index in [0.29, 0.717) is 19.7 Å². The van der Waals surface area contributed by atoms with Gasteiger partial charge < -0.3 is 18.9 Å². The Morgan fingerprint density at radius 1 is 1.09 bits per heavy atom. The Morgan fingerprint density at radius 2 is 1.87 bits per heavy atom. The van der Waals surface area contributed by atoms with Gasteiger partial charge in [-0.1, -0.05) is 30.3 Å². The number of amides is 1. The minimum absolute atomic E-state index is 0.0305. The van der Waals surface area contributed by atoms with Gasteiger partial charge in [0.1, 0.15) is 6.61 Å². The van der Waals surface area contributed by atoms with Gasteiger partial charge in [0.2, 0.25) is 5.91 Å². The van der Waals surface area contributed by atoms with E-state index in [4.69, 9.17) is 9.47 Å². The monoisotopic (exact) mass is 316 g/mol. The second kappa shape index (κ2) is 9.12. The van der Waals surface area contributed by atoms with E-state index in [1.165, 1.54) is 12.7 Å². The van der Waals surface area contributed by atoms with Gasteiger partial charge in [-0.15, -0.1) is 0 Å². The molecule has 0 saturated carbocycles. The summed E-state index contributed by atoms with van der Waals surface area (Å²) in [6.07, 6.45) is 2.04. The quantitative estimate of drug-likeness (QED) is 0.712. The van der Waals surface area contributed by atoms with Gasteiger partial charge in [-0.2, -0.15) is 0 Å². The van der Waals surface area contributed by atoms with E-state index in [0.717, 1.165) is 12.2 Å². The first-order chi connectivity index (χ1) is 11.2. The van der Waals surface area contributed by atoms with E-state index in [9.17, 15) is 4.79 Å². The van der Waals surface area contributed by atoms with Crippen LogP contribution in [0, 0.1) is 0 Å². The summed E-state index contributed by atoms with van der Waals surface area (Å²) in [5.41, 5.74) is 2.33. The number of rotatable bonds is 9. The van der Waals surface area contributed by atoms with Gasteiger partial charge in [0.05, 0.1) is 13.2 Å². The van der Waals surface area contributed by atoms with E-state index in [1.807, 2.05) is 36.5 Å². The lowest BCUT2D eigenvalue weighted by Gasteiger charge is -2.23. The van der Waals surface area contributed by atoms with Gasteiger partial charge in [0.25, 0.3) is 0 Å². The van der Waals surface area contributed by atoms with Crippen molar-refractivity contribution >= 4 is 5.91 Å². The first kappa shape index (κ1) is 17.2. The summed E-state index contributed by atoms with van der Waals surface area (Å²) in [4.78, 5) is 13.9. The lowest BCUT2D eigenvalue weighted by molar-refractivity contribution is -0.136. The Labute approximate surface area is 137 Å². The van der Waals surface area contributed by atoms with Crippen LogP contribution in [0.1, 0.15) is 11.3 Å². The van der Waals surface area contributed by atoms with Crippen molar-refractivity contribution in [1.82, 2.24) is 9.47 Å². The van der Waals surface area contributed by atoms with Crippen LogP contribution in [0.3, 0.4) is 0 Å². The van der Waals surface area contributed by atoms with Crippen LogP contribution in [0.15, 0.2) is 48.7 Å². The number of benzene rings is 1. The summed E-state index contributed by atoms with van der Waals surface area (Å²) in [5.74, 6) is -0.0305. The zero-order valence-electron chi connectivity index (χ0n) is 13.8. The molecule has 5 heteroatoms. The van der Waals surface area contributed by atoms with Crippen molar-refractivity contribution in [2.75, 3.05) is 34.0 Å². The van der Waals surface area contributed by atoms with Gasteiger partial charge in [-0.25, -0.2) is 0 Å². The highest BCUT2D eigenvalue weighted by Crippen LogP contribution is 2.11. The molecule has 1 heterocycles. The van der Waals surface area contributed by atoms with Crippen molar-refractivity contribution < 1.29 is 14.3 Å². The molecule has 0 aliphatic carbocycles. The molecule has 0 bridgehead atoms. The van der Waals surface area contributed by atoms with Crippen molar-refractivity contribution in [3.05, 3.63) is 59.9 Å². The zero-order valence-corrected chi connectivity index (χ0v) is 13.8. The fraction of sp³-hybridized carbons (Fsp3) is 0.389. The summed E-state index contributed by atoms with van der Waals surface area (Å²) in [7, 11) is 3.17. The van der Waals surface area contributed by atoms with E-state index in [2.05, 4.69) is 16.7 Å². The highest BCUT2D eigenvalue weighted by atomic mass is 16.5. The molecule has 0 radical (unpaired) electrons. The third-order valence-corrected chi connectivity index (χ3v) is 3.66. The molecule has 0 aliphatic heterocycles. The average Bonchev–Trinajstić information content (AvgIpc) is 2.99. The molecule has 0 spiro atoms. The number of methoxy groups -OCH3 is 2. The highest BCUT2D eigenvalue weighted by Gasteiger charge is 2.15. The van der Waals surface area contributed by atoms with Crippen LogP contribution in [-0.2, 0) is 27.4 Å². The van der Waals surface area contributed by atoms with E-state index >= 15 is 0 Å². The normalized spacial score (nSPS) is 10.7. The molecule has 2 aromatic rings. The molecule has 23 heavy (non-hydrogen) atoms. The first-order valence-electron chi connectivity index (χ1n) is 7.68. The maximum atomic E-state index is 12.2. The molecular formula is C18H24N2O3. The fourth-order valence-corrected chi connectivity index (χ4v) is 2.43. The molecule has 0 fully saturated rings. The Balaban J connectivity index is 2.07. The largest absolute Gasteiger partial charge is 0.383 e. The Morgan fingerprint density at radius 3 is 2.57 bits per heavy atom. The van der Waals surface area contributed by atoms with Gasteiger partial charge in [-0.3, -0.25) is 4.79 Å². The maximum absolute atomic E-state index is 12.2. The van der Waals surface area contributed by atoms with Crippen molar-refractivity contribution in [2.45, 2.75) is 13.1 Å². The Kier molecular flexibility index (Phi) is 6.84. The summed E-state index contributed by atoms with van der Waals surface area (Å²) >= 11 is 0. The van der Waals surface area contributed by atoms with E-state index < -0.39 is 0 Å². The van der Waals surface area contributed by atoms with Gasteiger partial charge >= 0.3 is 0 Å². The molecule has 0 N–H and O–H groups in total. The van der Waals surface area contributed by atoms with Crippen LogP contribution < -0.4 is 0 Å². The van der Waals surface area contributed by atoms with Crippen LogP contribution in [-0.4, -0.2) is 49.4 Å². The molecule has 2 rings (SSSR count). The SMILES string of the molecule is COCCN(Cc1cccn1Cc1ccccc1)C(=O)COC. The summed E-state index contributed by atoms with van der Waals surface area (Å²) < 4.78 is 12.2. The van der Waals surface area contributed by atoms with Crippen molar-refractivity contribution in [2.24, 2.45) is 0 Å². The van der Waals surface area contributed by atoms with Crippen LogP contribution in [0.2, 0.25) is 0 Å². The molecule has 0 atom stereocenters. The van der Waals surface area contributed by atoms with Gasteiger partial charge in [-0.05, 0) is 17.7 Å². The van der Waals surface area contributed by atoms with Crippen LogP contribution in [0.25, 0.3) is 0 Å². The second-order valence-electron chi connectivity index (χ2n) is 5.35. The topological polar surface area (TPSA) is 43.7 Å². The van der Waals surface area contributed by atoms with E-state index in [-0.39, 0.29) is 12.5 Å². The molecular weight excluding hydrogens is 292 g/mol. The molecule has 1 aromatic carbocycles. The van der Waals surface area contributed by atoms with E-state index in [1.54, 1.807) is 12.0 Å². The number of carbonyl (C=O) groups is 1. The van der Waals surface area contributed by atoms with Crippen molar-refractivity contribution in [1.29, 1.82) is 0 Å². The fourth-order valence-electron chi connectivity index (χ4n) is 2.43.